The maximum Gasteiger partial charge on any atom is 0.321 e. The molecule has 18 heavy (non-hydrogen) atoms. The van der Waals surface area contributed by atoms with E-state index in [1.165, 1.54) is 12.4 Å². The van der Waals surface area contributed by atoms with E-state index in [-0.39, 0.29) is 17.5 Å². The Balaban J connectivity index is 1.93. The van der Waals surface area contributed by atoms with Crippen molar-refractivity contribution in [3.05, 3.63) is 18.5 Å². The second kappa shape index (κ2) is 5.07. The molecule has 2 atom stereocenters. The monoisotopic (exact) mass is 290 g/mol. The van der Waals surface area contributed by atoms with Crippen molar-refractivity contribution < 1.29 is 13.2 Å². The molecule has 0 aliphatic carbocycles. The molecule has 0 radical (unpaired) electrons. The molecule has 0 saturated carbocycles. The number of nitrogens with zero attached hydrogens (tertiary/aromatic N) is 2. The molecule has 0 aromatic carbocycles. The van der Waals surface area contributed by atoms with Crippen molar-refractivity contribution >= 4 is 33.4 Å². The smallest absolute Gasteiger partial charge is 0.321 e. The molecule has 0 bridgehead atoms. The molecular formula is C9H11ClN4O3S. The van der Waals surface area contributed by atoms with Crippen LogP contribution in [0.4, 0.5) is 10.7 Å². The number of rotatable bonds is 2. The Morgan fingerprint density at radius 1 is 1.33 bits per heavy atom. The first-order valence-corrected chi connectivity index (χ1v) is 7.41. The van der Waals surface area contributed by atoms with Crippen LogP contribution in [0.1, 0.15) is 0 Å². The summed E-state index contributed by atoms with van der Waals surface area (Å²) in [6.07, 6.45) is 2.96. The van der Waals surface area contributed by atoms with Gasteiger partial charge in [0.15, 0.2) is 9.84 Å². The normalized spacial score (nSPS) is 25.6. The van der Waals surface area contributed by atoms with Crippen LogP contribution in [-0.4, -0.2) is 47.3 Å². The number of nitrogens with one attached hydrogen (secondary N) is 2. The summed E-state index contributed by atoms with van der Waals surface area (Å²) < 4.78 is 22.6. The van der Waals surface area contributed by atoms with Gasteiger partial charge >= 0.3 is 6.03 Å². The Hall–Kier alpha value is -1.41. The summed E-state index contributed by atoms with van der Waals surface area (Å²) in [6, 6.07) is 0.441. The van der Waals surface area contributed by atoms with Crippen LogP contribution in [0.25, 0.3) is 0 Å². The van der Waals surface area contributed by atoms with Gasteiger partial charge in [0.1, 0.15) is 0 Å². The molecule has 0 spiro atoms. The summed E-state index contributed by atoms with van der Waals surface area (Å²) in [7, 11) is -3.17. The largest absolute Gasteiger partial charge is 0.333 e. The quantitative estimate of drug-likeness (QED) is 0.747. The summed E-state index contributed by atoms with van der Waals surface area (Å²) >= 11 is 5.86. The predicted molar refractivity (Wildman–Crippen MR) is 66.3 cm³/mol. The Labute approximate surface area is 109 Å². The number of sulfone groups is 1. The number of aromatic nitrogens is 2. The number of hydrogen-bond donors (Lipinski definition) is 2. The molecule has 2 N–H and O–H groups in total. The minimum atomic E-state index is -3.17. The average molecular weight is 291 g/mol. The van der Waals surface area contributed by atoms with E-state index in [1.807, 2.05) is 0 Å². The van der Waals surface area contributed by atoms with Gasteiger partial charge in [0.05, 0.1) is 22.9 Å². The second-order valence-corrected chi connectivity index (χ2v) is 6.58. The molecule has 1 saturated heterocycles. The highest BCUT2D eigenvalue weighted by Gasteiger charge is 2.37. The van der Waals surface area contributed by atoms with Crippen molar-refractivity contribution in [3.63, 3.8) is 0 Å². The average Bonchev–Trinajstić information content (AvgIpc) is 2.53. The van der Waals surface area contributed by atoms with Crippen LogP contribution in [0.2, 0.25) is 0 Å². The van der Waals surface area contributed by atoms with E-state index in [0.717, 1.165) is 0 Å². The molecule has 1 fully saturated rings. The lowest BCUT2D eigenvalue weighted by Gasteiger charge is -2.14. The van der Waals surface area contributed by atoms with E-state index < -0.39 is 27.3 Å². The van der Waals surface area contributed by atoms with Crippen molar-refractivity contribution in [3.8, 4) is 0 Å². The number of carbonyl (C=O) groups is 1. The zero-order valence-corrected chi connectivity index (χ0v) is 10.8. The van der Waals surface area contributed by atoms with Crippen molar-refractivity contribution in [1.29, 1.82) is 0 Å². The maximum atomic E-state index is 11.6. The molecule has 2 heterocycles. The molecule has 9 heteroatoms. The number of carbonyl (C=O) groups excluding carboxylic acids is 1. The van der Waals surface area contributed by atoms with Crippen molar-refractivity contribution in [1.82, 2.24) is 15.3 Å². The third-order valence-electron chi connectivity index (χ3n) is 2.39. The SMILES string of the molecule is O=C(Nc1ncccn1)N[C@H]1CS(=O)(=O)C[C@@H]1Cl. The van der Waals surface area contributed by atoms with Gasteiger partial charge in [0.25, 0.3) is 0 Å². The second-order valence-electron chi connectivity index (χ2n) is 3.87. The molecular weight excluding hydrogens is 280 g/mol. The van der Waals surface area contributed by atoms with Crippen LogP contribution in [-0.2, 0) is 9.84 Å². The fourth-order valence-electron chi connectivity index (χ4n) is 1.61. The molecule has 7 nitrogen and oxygen atoms in total. The number of urea groups is 1. The summed E-state index contributed by atoms with van der Waals surface area (Å²) in [4.78, 5) is 19.2. The number of amides is 2. The summed E-state index contributed by atoms with van der Waals surface area (Å²) in [6.45, 7) is 0. The lowest BCUT2D eigenvalue weighted by Crippen LogP contribution is -2.43. The first kappa shape index (κ1) is 13.0. The number of halogens is 1. The van der Waals surface area contributed by atoms with E-state index in [4.69, 9.17) is 11.6 Å². The molecule has 0 unspecified atom stereocenters. The van der Waals surface area contributed by atoms with Gasteiger partial charge in [-0.3, -0.25) is 5.32 Å². The predicted octanol–water partition coefficient (Wildman–Crippen LogP) is 0.00250. The lowest BCUT2D eigenvalue weighted by atomic mass is 10.2. The van der Waals surface area contributed by atoms with Crippen LogP contribution in [0.15, 0.2) is 18.5 Å². The van der Waals surface area contributed by atoms with E-state index >= 15 is 0 Å². The molecule has 1 aliphatic rings. The third kappa shape index (κ3) is 3.30. The van der Waals surface area contributed by atoms with Gasteiger partial charge in [0.2, 0.25) is 5.95 Å². The molecule has 98 valence electrons. The third-order valence-corrected chi connectivity index (χ3v) is 4.77. The summed E-state index contributed by atoms with van der Waals surface area (Å²) in [5.41, 5.74) is 0. The highest BCUT2D eigenvalue weighted by atomic mass is 35.5. The van der Waals surface area contributed by atoms with E-state index in [2.05, 4.69) is 20.6 Å². The summed E-state index contributed by atoms with van der Waals surface area (Å²) in [5.74, 6) is -0.132. The zero-order chi connectivity index (χ0) is 13.2. The van der Waals surface area contributed by atoms with Gasteiger partial charge in [-0.1, -0.05) is 0 Å². The Morgan fingerprint density at radius 3 is 2.56 bits per heavy atom. The summed E-state index contributed by atoms with van der Waals surface area (Å²) in [5, 5.41) is 4.27. The van der Waals surface area contributed by atoms with Gasteiger partial charge in [-0.25, -0.2) is 23.2 Å². The van der Waals surface area contributed by atoms with Crippen LogP contribution < -0.4 is 10.6 Å². The van der Waals surface area contributed by atoms with Gasteiger partial charge in [-0.05, 0) is 6.07 Å². The van der Waals surface area contributed by atoms with Gasteiger partial charge < -0.3 is 5.32 Å². The fourth-order valence-corrected chi connectivity index (χ4v) is 4.16. The Morgan fingerprint density at radius 2 is 2.00 bits per heavy atom. The number of alkyl halides is 1. The van der Waals surface area contributed by atoms with Crippen molar-refractivity contribution in [2.24, 2.45) is 0 Å². The Kier molecular flexibility index (Phi) is 3.67. The zero-order valence-electron chi connectivity index (χ0n) is 9.21. The minimum absolute atomic E-state index is 0.124. The first-order chi connectivity index (χ1) is 8.46. The van der Waals surface area contributed by atoms with Gasteiger partial charge in [0, 0.05) is 12.4 Å². The minimum Gasteiger partial charge on any atom is -0.333 e. The van der Waals surface area contributed by atoms with Crippen LogP contribution in [0.3, 0.4) is 0 Å². The van der Waals surface area contributed by atoms with Crippen molar-refractivity contribution in [2.45, 2.75) is 11.4 Å². The topological polar surface area (TPSA) is 101 Å². The molecule has 1 aromatic rings. The highest BCUT2D eigenvalue weighted by molar-refractivity contribution is 7.91. The maximum absolute atomic E-state index is 11.6. The highest BCUT2D eigenvalue weighted by Crippen LogP contribution is 2.17. The van der Waals surface area contributed by atoms with Gasteiger partial charge in [-0.2, -0.15) is 0 Å². The van der Waals surface area contributed by atoms with E-state index in [9.17, 15) is 13.2 Å². The van der Waals surface area contributed by atoms with E-state index in [0.29, 0.717) is 0 Å². The van der Waals surface area contributed by atoms with Crippen LogP contribution in [0, 0.1) is 0 Å². The number of hydrogen-bond acceptors (Lipinski definition) is 5. The number of anilines is 1. The van der Waals surface area contributed by atoms with Crippen LogP contribution >= 0.6 is 11.6 Å². The standard InChI is InChI=1S/C9H11ClN4O3S/c10-6-4-18(16,17)5-7(6)13-9(15)14-8-11-2-1-3-12-8/h1-3,6-7H,4-5H2,(H2,11,12,13,14,15)/t6-,7-/m0/s1. The molecule has 1 aromatic heterocycles. The first-order valence-electron chi connectivity index (χ1n) is 5.15. The molecule has 1 aliphatic heterocycles. The molecule has 2 amide bonds. The van der Waals surface area contributed by atoms with Gasteiger partial charge in [-0.15, -0.1) is 11.6 Å². The fraction of sp³-hybridized carbons (Fsp3) is 0.444. The Bertz CT molecular complexity index is 536. The van der Waals surface area contributed by atoms with Crippen LogP contribution in [0.5, 0.6) is 0 Å². The van der Waals surface area contributed by atoms with Crippen molar-refractivity contribution in [2.75, 3.05) is 16.8 Å². The lowest BCUT2D eigenvalue weighted by molar-refractivity contribution is 0.249. The molecule has 2 rings (SSSR count). The van der Waals surface area contributed by atoms with E-state index in [1.54, 1.807) is 6.07 Å².